The first-order valence-electron chi connectivity index (χ1n) is 7.26. The summed E-state index contributed by atoms with van der Waals surface area (Å²) in [5.74, 6) is 0.358. The lowest BCUT2D eigenvalue weighted by Gasteiger charge is -2.09. The van der Waals surface area contributed by atoms with Crippen LogP contribution in [0.5, 0.6) is 0 Å². The molecule has 5 nitrogen and oxygen atoms in total. The fourth-order valence-corrected chi connectivity index (χ4v) is 2.68. The molecular weight excluding hydrogens is 274 g/mol. The Morgan fingerprint density at radius 1 is 0.955 bits per heavy atom. The second-order valence-corrected chi connectivity index (χ2v) is 5.83. The number of aromatic nitrogens is 3. The van der Waals surface area contributed by atoms with E-state index >= 15 is 0 Å². The van der Waals surface area contributed by atoms with E-state index in [9.17, 15) is 0 Å². The SMILES string of the molecule is Cc1cc2cc3cc4c(nc3nc2nc1C)=NC(=N)C(C)C=4. The highest BCUT2D eigenvalue weighted by Gasteiger charge is 2.12. The Labute approximate surface area is 127 Å². The van der Waals surface area contributed by atoms with Gasteiger partial charge in [0.05, 0.1) is 0 Å². The average molecular weight is 289 g/mol. The lowest BCUT2D eigenvalue weighted by molar-refractivity contribution is 0.966. The fraction of sp³-hybridized carbons (Fsp3) is 0.235. The summed E-state index contributed by atoms with van der Waals surface area (Å²) in [7, 11) is 0. The molecule has 1 aliphatic rings. The molecule has 4 heterocycles. The minimum atomic E-state index is 0.0201. The summed E-state index contributed by atoms with van der Waals surface area (Å²) in [5, 5.41) is 10.8. The van der Waals surface area contributed by atoms with E-state index in [1.165, 1.54) is 0 Å². The van der Waals surface area contributed by atoms with E-state index in [-0.39, 0.29) is 5.92 Å². The minimum absolute atomic E-state index is 0.0201. The molecule has 108 valence electrons. The van der Waals surface area contributed by atoms with Crippen molar-refractivity contribution >= 4 is 34.0 Å². The average Bonchev–Trinajstić information content (AvgIpc) is 2.46. The van der Waals surface area contributed by atoms with Crippen LogP contribution in [0.15, 0.2) is 23.2 Å². The highest BCUT2D eigenvalue weighted by atomic mass is 15.0. The van der Waals surface area contributed by atoms with Crippen molar-refractivity contribution in [2.45, 2.75) is 20.8 Å². The molecule has 0 aromatic carbocycles. The number of nitrogens with zero attached hydrogens (tertiary/aromatic N) is 4. The van der Waals surface area contributed by atoms with Gasteiger partial charge in [-0.3, -0.25) is 5.41 Å². The zero-order valence-corrected chi connectivity index (χ0v) is 12.7. The number of rotatable bonds is 0. The van der Waals surface area contributed by atoms with Gasteiger partial charge in [-0.2, -0.15) is 0 Å². The second kappa shape index (κ2) is 4.40. The summed E-state index contributed by atoms with van der Waals surface area (Å²) in [6.45, 7) is 6.00. The fourth-order valence-electron chi connectivity index (χ4n) is 2.68. The van der Waals surface area contributed by atoms with Gasteiger partial charge in [-0.15, -0.1) is 0 Å². The van der Waals surface area contributed by atoms with Crippen molar-refractivity contribution in [3.8, 4) is 0 Å². The van der Waals surface area contributed by atoms with Crippen LogP contribution in [0.4, 0.5) is 0 Å². The van der Waals surface area contributed by atoms with Crippen molar-refractivity contribution in [1.82, 2.24) is 15.0 Å². The third-order valence-electron chi connectivity index (χ3n) is 4.12. The van der Waals surface area contributed by atoms with Gasteiger partial charge < -0.3 is 0 Å². The van der Waals surface area contributed by atoms with Gasteiger partial charge in [0.15, 0.2) is 16.8 Å². The number of nitrogens with one attached hydrogen (secondary N) is 1. The number of fused-ring (bicyclic) bond motifs is 3. The second-order valence-electron chi connectivity index (χ2n) is 5.83. The third-order valence-corrected chi connectivity index (χ3v) is 4.12. The molecule has 0 amide bonds. The monoisotopic (exact) mass is 289 g/mol. The Morgan fingerprint density at radius 2 is 1.68 bits per heavy atom. The maximum Gasteiger partial charge on any atom is 0.164 e. The molecule has 0 fully saturated rings. The summed E-state index contributed by atoms with van der Waals surface area (Å²) in [6, 6.07) is 6.23. The van der Waals surface area contributed by atoms with E-state index in [0.29, 0.717) is 22.6 Å². The van der Waals surface area contributed by atoms with Crippen LogP contribution in [0.3, 0.4) is 0 Å². The Hall–Kier alpha value is -2.69. The molecule has 5 heteroatoms. The summed E-state index contributed by atoms with van der Waals surface area (Å²) >= 11 is 0. The van der Waals surface area contributed by atoms with E-state index in [4.69, 9.17) is 5.41 Å². The quantitative estimate of drug-likeness (QED) is 0.641. The van der Waals surface area contributed by atoms with Crippen LogP contribution < -0.4 is 10.7 Å². The predicted octanol–water partition coefficient (Wildman–Crippen LogP) is 1.82. The molecule has 3 aromatic rings. The zero-order chi connectivity index (χ0) is 15.4. The molecule has 0 spiro atoms. The third kappa shape index (κ3) is 1.89. The van der Waals surface area contributed by atoms with Gasteiger partial charge in [-0.1, -0.05) is 13.0 Å². The van der Waals surface area contributed by atoms with Gasteiger partial charge in [-0.25, -0.2) is 19.9 Å². The molecule has 22 heavy (non-hydrogen) atoms. The molecule has 4 rings (SSSR count). The van der Waals surface area contributed by atoms with Crippen LogP contribution in [0.25, 0.3) is 28.1 Å². The molecule has 0 saturated carbocycles. The van der Waals surface area contributed by atoms with Crippen molar-refractivity contribution in [3.05, 3.63) is 40.2 Å². The van der Waals surface area contributed by atoms with E-state index in [1.807, 2.05) is 26.0 Å². The van der Waals surface area contributed by atoms with Crippen molar-refractivity contribution in [2.24, 2.45) is 10.9 Å². The Balaban J connectivity index is 2.11. The van der Waals surface area contributed by atoms with Gasteiger partial charge in [0.1, 0.15) is 5.84 Å². The van der Waals surface area contributed by atoms with Crippen LogP contribution in [-0.4, -0.2) is 20.8 Å². The largest absolute Gasteiger partial charge is 0.286 e. The first-order chi connectivity index (χ1) is 10.5. The summed E-state index contributed by atoms with van der Waals surface area (Å²) in [5.41, 5.74) is 4.04. The lowest BCUT2D eigenvalue weighted by atomic mass is 10.1. The van der Waals surface area contributed by atoms with E-state index in [1.54, 1.807) is 0 Å². The van der Waals surface area contributed by atoms with Crippen LogP contribution in [-0.2, 0) is 0 Å². The molecular formula is C17H15N5. The van der Waals surface area contributed by atoms with Crippen molar-refractivity contribution in [2.75, 3.05) is 0 Å². The minimum Gasteiger partial charge on any atom is -0.286 e. The zero-order valence-electron chi connectivity index (χ0n) is 12.7. The number of pyridine rings is 3. The van der Waals surface area contributed by atoms with Crippen molar-refractivity contribution < 1.29 is 0 Å². The van der Waals surface area contributed by atoms with Crippen LogP contribution >= 0.6 is 0 Å². The van der Waals surface area contributed by atoms with E-state index < -0.39 is 0 Å². The molecule has 0 bridgehead atoms. The normalized spacial score (nSPS) is 17.2. The van der Waals surface area contributed by atoms with Gasteiger partial charge in [0.25, 0.3) is 0 Å². The number of hydrogen-bond acceptors (Lipinski definition) is 4. The number of hydrogen-bond donors (Lipinski definition) is 1. The number of aryl methyl sites for hydroxylation is 2. The Kier molecular flexibility index (Phi) is 2.60. The van der Waals surface area contributed by atoms with Crippen LogP contribution in [0, 0.1) is 25.2 Å². The highest BCUT2D eigenvalue weighted by molar-refractivity contribution is 5.91. The highest BCUT2D eigenvalue weighted by Crippen LogP contribution is 2.18. The topological polar surface area (TPSA) is 74.9 Å². The van der Waals surface area contributed by atoms with Gasteiger partial charge in [-0.05, 0) is 37.6 Å². The van der Waals surface area contributed by atoms with Gasteiger partial charge in [0.2, 0.25) is 0 Å². The van der Waals surface area contributed by atoms with Crippen LogP contribution in [0.1, 0.15) is 18.2 Å². The smallest absolute Gasteiger partial charge is 0.164 e. The molecule has 1 aliphatic heterocycles. The standard InChI is InChI=1S/C17H15N5/c1-8-4-11-6-13-7-12-5-9(2)14(18)20-16(12)22-17(13)21-15(11)19-10(8)3/h4-7,9,18H,1-3H3. The first-order valence-corrected chi connectivity index (χ1v) is 7.26. The molecule has 1 atom stereocenters. The molecule has 0 aliphatic carbocycles. The molecule has 3 aromatic heterocycles. The van der Waals surface area contributed by atoms with Gasteiger partial charge >= 0.3 is 0 Å². The predicted molar refractivity (Wildman–Crippen MR) is 86.4 cm³/mol. The Bertz CT molecular complexity index is 1080. The van der Waals surface area contributed by atoms with E-state index in [0.717, 1.165) is 27.2 Å². The van der Waals surface area contributed by atoms with Crippen LogP contribution in [0.2, 0.25) is 0 Å². The summed E-state index contributed by atoms with van der Waals surface area (Å²) in [6.07, 6.45) is 2.03. The van der Waals surface area contributed by atoms with Crippen molar-refractivity contribution in [3.63, 3.8) is 0 Å². The maximum absolute atomic E-state index is 7.85. The summed E-state index contributed by atoms with van der Waals surface area (Å²) < 4.78 is 0. The molecule has 0 radical (unpaired) electrons. The lowest BCUT2D eigenvalue weighted by Crippen LogP contribution is -2.35. The van der Waals surface area contributed by atoms with Gasteiger partial charge in [0, 0.05) is 27.6 Å². The van der Waals surface area contributed by atoms with Crippen molar-refractivity contribution in [1.29, 1.82) is 5.41 Å². The number of amidine groups is 1. The molecule has 1 unspecified atom stereocenters. The molecule has 0 saturated heterocycles. The molecule has 1 N–H and O–H groups in total. The summed E-state index contributed by atoms with van der Waals surface area (Å²) in [4.78, 5) is 17.9. The maximum atomic E-state index is 7.85. The Morgan fingerprint density at radius 3 is 2.50 bits per heavy atom. The first kappa shape index (κ1) is 13.0. The van der Waals surface area contributed by atoms with E-state index in [2.05, 4.69) is 39.0 Å².